The lowest BCUT2D eigenvalue weighted by molar-refractivity contribution is -0.130. The maximum Gasteiger partial charge on any atom is 0.232 e. The summed E-state index contributed by atoms with van der Waals surface area (Å²) < 4.78 is 31.2. The number of aryl methyl sites for hydroxylation is 1. The van der Waals surface area contributed by atoms with E-state index >= 15 is 0 Å². The standard InChI is InChI=1S/C20H26N2O4S/c1-16-10-11-19(26-3)18(14-16)22(27(4,24)25)13-12-20(23)21(2)15-17-8-6-5-7-9-17/h5-11,14H,12-13,15H2,1-4H3. The largest absolute Gasteiger partial charge is 0.495 e. The van der Waals surface area contributed by atoms with E-state index in [2.05, 4.69) is 0 Å². The normalized spacial score (nSPS) is 11.1. The summed E-state index contributed by atoms with van der Waals surface area (Å²) in [7, 11) is -0.356. The predicted molar refractivity (Wildman–Crippen MR) is 107 cm³/mol. The molecule has 0 aliphatic rings. The number of methoxy groups -OCH3 is 1. The van der Waals surface area contributed by atoms with Crippen LogP contribution in [0.25, 0.3) is 0 Å². The summed E-state index contributed by atoms with van der Waals surface area (Å²) in [4.78, 5) is 14.1. The molecule has 0 aromatic heterocycles. The summed E-state index contributed by atoms with van der Waals surface area (Å²) in [6, 6.07) is 15.0. The van der Waals surface area contributed by atoms with Crippen molar-refractivity contribution in [2.45, 2.75) is 19.9 Å². The Balaban J connectivity index is 2.14. The van der Waals surface area contributed by atoms with E-state index in [9.17, 15) is 13.2 Å². The van der Waals surface area contributed by atoms with Gasteiger partial charge >= 0.3 is 0 Å². The topological polar surface area (TPSA) is 66.9 Å². The average molecular weight is 391 g/mol. The van der Waals surface area contributed by atoms with E-state index in [1.807, 2.05) is 43.3 Å². The van der Waals surface area contributed by atoms with E-state index in [0.29, 0.717) is 18.0 Å². The van der Waals surface area contributed by atoms with Gasteiger partial charge in [0.1, 0.15) is 5.75 Å². The minimum absolute atomic E-state index is 0.0522. The van der Waals surface area contributed by atoms with Crippen LogP contribution < -0.4 is 9.04 Å². The summed E-state index contributed by atoms with van der Waals surface area (Å²) in [6.45, 7) is 2.41. The van der Waals surface area contributed by atoms with Crippen LogP contribution in [-0.2, 0) is 21.4 Å². The zero-order chi connectivity index (χ0) is 20.0. The Hall–Kier alpha value is -2.54. The lowest BCUT2D eigenvalue weighted by Crippen LogP contribution is -2.35. The van der Waals surface area contributed by atoms with E-state index in [0.717, 1.165) is 17.4 Å². The first-order valence-corrected chi connectivity index (χ1v) is 10.5. The second-order valence-electron chi connectivity index (χ2n) is 6.50. The molecule has 0 aliphatic carbocycles. The monoisotopic (exact) mass is 390 g/mol. The zero-order valence-corrected chi connectivity index (χ0v) is 17.0. The molecule has 146 valence electrons. The van der Waals surface area contributed by atoms with E-state index < -0.39 is 10.0 Å². The molecular formula is C20H26N2O4S. The van der Waals surface area contributed by atoms with Crippen molar-refractivity contribution in [1.29, 1.82) is 0 Å². The summed E-state index contributed by atoms with van der Waals surface area (Å²) >= 11 is 0. The summed E-state index contributed by atoms with van der Waals surface area (Å²) in [5, 5.41) is 0. The molecule has 0 bridgehead atoms. The smallest absolute Gasteiger partial charge is 0.232 e. The number of ether oxygens (including phenoxy) is 1. The van der Waals surface area contributed by atoms with Gasteiger partial charge in [0.2, 0.25) is 15.9 Å². The minimum atomic E-state index is -3.56. The lowest BCUT2D eigenvalue weighted by atomic mass is 10.2. The van der Waals surface area contributed by atoms with Crippen molar-refractivity contribution in [3.8, 4) is 5.75 Å². The molecule has 0 spiro atoms. The first-order valence-electron chi connectivity index (χ1n) is 8.62. The number of hydrogen-bond donors (Lipinski definition) is 0. The Morgan fingerprint density at radius 1 is 1.11 bits per heavy atom. The minimum Gasteiger partial charge on any atom is -0.495 e. The molecule has 0 fully saturated rings. The van der Waals surface area contributed by atoms with Gasteiger partial charge in [0.25, 0.3) is 0 Å². The van der Waals surface area contributed by atoms with Gasteiger partial charge in [0.15, 0.2) is 0 Å². The molecule has 0 heterocycles. The van der Waals surface area contributed by atoms with Gasteiger partial charge in [-0.25, -0.2) is 8.42 Å². The highest BCUT2D eigenvalue weighted by molar-refractivity contribution is 7.92. The number of sulfonamides is 1. The van der Waals surface area contributed by atoms with E-state index in [1.165, 1.54) is 11.4 Å². The van der Waals surface area contributed by atoms with E-state index in [-0.39, 0.29) is 18.9 Å². The third-order valence-electron chi connectivity index (χ3n) is 4.22. The Bertz CT molecular complexity index is 882. The van der Waals surface area contributed by atoms with Gasteiger partial charge in [-0.1, -0.05) is 36.4 Å². The zero-order valence-electron chi connectivity index (χ0n) is 16.2. The Kier molecular flexibility index (Phi) is 6.85. The van der Waals surface area contributed by atoms with Crippen LogP contribution in [0.3, 0.4) is 0 Å². The molecule has 2 rings (SSSR count). The Labute approximate surface area is 161 Å². The number of anilines is 1. The second-order valence-corrected chi connectivity index (χ2v) is 8.40. The highest BCUT2D eigenvalue weighted by Crippen LogP contribution is 2.31. The fourth-order valence-corrected chi connectivity index (χ4v) is 3.72. The van der Waals surface area contributed by atoms with E-state index in [4.69, 9.17) is 4.74 Å². The number of benzene rings is 2. The fraction of sp³-hybridized carbons (Fsp3) is 0.350. The summed E-state index contributed by atoms with van der Waals surface area (Å²) in [6.07, 6.45) is 1.21. The highest BCUT2D eigenvalue weighted by atomic mass is 32.2. The number of nitrogens with zero attached hydrogens (tertiary/aromatic N) is 2. The molecule has 6 nitrogen and oxygen atoms in total. The third kappa shape index (κ3) is 5.72. The first-order chi connectivity index (χ1) is 12.7. The van der Waals surface area contributed by atoms with Gasteiger partial charge in [-0.15, -0.1) is 0 Å². The van der Waals surface area contributed by atoms with Crippen molar-refractivity contribution >= 4 is 21.6 Å². The molecule has 0 saturated carbocycles. The lowest BCUT2D eigenvalue weighted by Gasteiger charge is -2.25. The van der Waals surface area contributed by atoms with Crippen molar-refractivity contribution in [3.63, 3.8) is 0 Å². The SMILES string of the molecule is COc1ccc(C)cc1N(CCC(=O)N(C)Cc1ccccc1)S(C)(=O)=O. The van der Waals surface area contributed by atoms with Crippen molar-refractivity contribution in [2.24, 2.45) is 0 Å². The van der Waals surface area contributed by atoms with Gasteiger partial charge in [0, 0.05) is 26.6 Å². The molecule has 0 atom stereocenters. The van der Waals surface area contributed by atoms with Gasteiger partial charge in [-0.05, 0) is 30.2 Å². The molecule has 1 amide bonds. The van der Waals surface area contributed by atoms with Crippen LogP contribution in [0.1, 0.15) is 17.5 Å². The molecule has 2 aromatic carbocycles. The molecule has 27 heavy (non-hydrogen) atoms. The van der Waals surface area contributed by atoms with Crippen molar-refractivity contribution in [1.82, 2.24) is 4.90 Å². The molecule has 7 heteroatoms. The third-order valence-corrected chi connectivity index (χ3v) is 5.40. The molecule has 0 N–H and O–H groups in total. The van der Waals surface area contributed by atoms with Gasteiger partial charge in [-0.2, -0.15) is 0 Å². The van der Waals surface area contributed by atoms with Crippen LogP contribution in [0.2, 0.25) is 0 Å². The molecule has 0 radical (unpaired) electrons. The van der Waals surface area contributed by atoms with Crippen molar-refractivity contribution in [3.05, 3.63) is 59.7 Å². The second kappa shape index (κ2) is 8.90. The molecule has 0 aliphatic heterocycles. The van der Waals surface area contributed by atoms with E-state index in [1.54, 1.807) is 24.1 Å². The maximum absolute atomic E-state index is 12.5. The maximum atomic E-state index is 12.5. The van der Waals surface area contributed by atoms with Gasteiger partial charge in [-0.3, -0.25) is 9.10 Å². The average Bonchev–Trinajstić information content (AvgIpc) is 2.61. The Morgan fingerprint density at radius 3 is 2.37 bits per heavy atom. The van der Waals surface area contributed by atoms with Crippen LogP contribution >= 0.6 is 0 Å². The van der Waals surface area contributed by atoms with Crippen LogP contribution in [0.15, 0.2) is 48.5 Å². The summed E-state index contributed by atoms with van der Waals surface area (Å²) in [5.74, 6) is 0.329. The van der Waals surface area contributed by atoms with Crippen molar-refractivity contribution < 1.29 is 17.9 Å². The molecule has 0 unspecified atom stereocenters. The van der Waals surface area contributed by atoms with Crippen LogP contribution in [0.5, 0.6) is 5.75 Å². The summed E-state index contributed by atoms with van der Waals surface area (Å²) in [5.41, 5.74) is 2.37. The van der Waals surface area contributed by atoms with Gasteiger partial charge < -0.3 is 9.64 Å². The predicted octanol–water partition coefficient (Wildman–Crippen LogP) is 2.82. The Morgan fingerprint density at radius 2 is 1.78 bits per heavy atom. The molecule has 0 saturated heterocycles. The van der Waals surface area contributed by atoms with Crippen molar-refractivity contribution in [2.75, 3.05) is 31.3 Å². The number of amides is 1. The number of hydrogen-bond acceptors (Lipinski definition) is 4. The molecule has 2 aromatic rings. The van der Waals surface area contributed by atoms with Crippen LogP contribution in [0, 0.1) is 6.92 Å². The van der Waals surface area contributed by atoms with Crippen LogP contribution in [-0.4, -0.2) is 46.2 Å². The number of rotatable bonds is 8. The van der Waals surface area contributed by atoms with Crippen LogP contribution in [0.4, 0.5) is 5.69 Å². The number of carbonyl (C=O) groups excluding carboxylic acids is 1. The quantitative estimate of drug-likeness (QED) is 0.695. The number of carbonyl (C=O) groups is 1. The highest BCUT2D eigenvalue weighted by Gasteiger charge is 2.23. The molecular weight excluding hydrogens is 364 g/mol. The first kappa shape index (κ1) is 20.8. The fourth-order valence-electron chi connectivity index (χ4n) is 2.79. The van der Waals surface area contributed by atoms with Gasteiger partial charge in [0.05, 0.1) is 19.1 Å².